The number of fused-ring (bicyclic) bond motifs is 2. The van der Waals surface area contributed by atoms with Gasteiger partial charge in [0.1, 0.15) is 23.5 Å². The van der Waals surface area contributed by atoms with Crippen LogP contribution >= 0.6 is 0 Å². The molecule has 12 nitrogen and oxygen atoms in total. The highest BCUT2D eigenvalue weighted by Crippen LogP contribution is 2.43. The number of ether oxygens (including phenoxy) is 1. The van der Waals surface area contributed by atoms with E-state index in [9.17, 15) is 22.8 Å². The molecule has 2 saturated heterocycles. The van der Waals surface area contributed by atoms with Gasteiger partial charge in [0, 0.05) is 31.0 Å². The number of likely N-dealkylation sites (tertiary alicyclic amines) is 1. The van der Waals surface area contributed by atoms with E-state index in [2.05, 4.69) is 15.0 Å². The summed E-state index contributed by atoms with van der Waals surface area (Å²) in [6.45, 7) is 0.720. The van der Waals surface area contributed by atoms with Gasteiger partial charge in [0.2, 0.25) is 15.9 Å². The molecule has 0 bridgehead atoms. The van der Waals surface area contributed by atoms with Crippen molar-refractivity contribution in [3.05, 3.63) is 30.0 Å². The molecule has 3 heterocycles. The number of sulfonamides is 1. The predicted molar refractivity (Wildman–Crippen MR) is 142 cm³/mol. The Morgan fingerprint density at radius 3 is 2.69 bits per heavy atom. The highest BCUT2D eigenvalue weighted by Gasteiger charge is 2.50. The van der Waals surface area contributed by atoms with Crippen molar-refractivity contribution in [2.45, 2.75) is 49.4 Å². The topological polar surface area (TPSA) is 150 Å². The van der Waals surface area contributed by atoms with Gasteiger partial charge in [-0.25, -0.2) is 18.2 Å². The Morgan fingerprint density at radius 1 is 1.21 bits per heavy atom. The Balaban J connectivity index is 1.42. The Hall–Kier alpha value is -3.16. The summed E-state index contributed by atoms with van der Waals surface area (Å²) in [5.74, 6) is -0.552. The molecule has 5 rings (SSSR count). The molecule has 1 aromatic heterocycles. The molecule has 3 N–H and O–H groups in total. The normalized spacial score (nSPS) is 26.4. The summed E-state index contributed by atoms with van der Waals surface area (Å²) in [6, 6.07) is 5.33. The third-order valence-electron chi connectivity index (χ3n) is 8.40. The third kappa shape index (κ3) is 5.10. The van der Waals surface area contributed by atoms with Crippen molar-refractivity contribution in [2.24, 2.45) is 11.8 Å². The van der Waals surface area contributed by atoms with Crippen LogP contribution in [-0.4, -0.2) is 92.8 Å². The molecule has 0 radical (unpaired) electrons. The third-order valence-corrected chi connectivity index (χ3v) is 10.3. The largest absolute Gasteiger partial charge is 0.496 e. The van der Waals surface area contributed by atoms with E-state index in [1.54, 1.807) is 18.1 Å². The average Bonchev–Trinajstić information content (AvgIpc) is 3.69. The van der Waals surface area contributed by atoms with Crippen molar-refractivity contribution in [3.63, 3.8) is 0 Å². The van der Waals surface area contributed by atoms with Gasteiger partial charge >= 0.3 is 0 Å². The summed E-state index contributed by atoms with van der Waals surface area (Å²) in [5.41, 5.74) is 1.10. The second kappa shape index (κ2) is 10.8. The maximum Gasteiger partial charge on any atom is 0.271 e. The van der Waals surface area contributed by atoms with E-state index in [0.717, 1.165) is 35.2 Å². The number of aromatic amines is 1. The number of rotatable bonds is 8. The molecule has 3 fully saturated rings. The summed E-state index contributed by atoms with van der Waals surface area (Å²) in [7, 11) is 0.707. The summed E-state index contributed by atoms with van der Waals surface area (Å²) < 4.78 is 32.7. The maximum absolute atomic E-state index is 13.9. The highest BCUT2D eigenvalue weighted by molar-refractivity contribution is 7.90. The van der Waals surface area contributed by atoms with E-state index in [-0.39, 0.29) is 30.7 Å². The molecule has 1 saturated carbocycles. The molecule has 212 valence electrons. The number of aromatic nitrogens is 1. The van der Waals surface area contributed by atoms with Crippen molar-refractivity contribution < 1.29 is 32.4 Å². The molecule has 2 aliphatic heterocycles. The van der Waals surface area contributed by atoms with E-state index in [4.69, 9.17) is 9.57 Å². The average molecular weight is 562 g/mol. The van der Waals surface area contributed by atoms with Gasteiger partial charge in [-0.1, -0.05) is 12.5 Å². The lowest BCUT2D eigenvalue weighted by atomic mass is 9.93. The van der Waals surface area contributed by atoms with Gasteiger partial charge in [-0.2, -0.15) is 0 Å². The van der Waals surface area contributed by atoms with Crippen molar-refractivity contribution >= 4 is 38.6 Å². The number of hydrogen-bond acceptors (Lipinski definition) is 7. The summed E-state index contributed by atoms with van der Waals surface area (Å²) in [6.07, 6.45) is 2.92. The number of methoxy groups -OCH3 is 1. The van der Waals surface area contributed by atoms with Crippen LogP contribution in [0.5, 0.6) is 5.75 Å². The van der Waals surface area contributed by atoms with Gasteiger partial charge in [-0.05, 0) is 55.7 Å². The fraction of sp³-hybridized carbons (Fsp3) is 0.577. The number of likely N-dealkylation sites (N-methyl/N-ethyl adjacent to an activating group) is 1. The van der Waals surface area contributed by atoms with E-state index in [1.807, 2.05) is 18.2 Å². The number of nitrogens with one attached hydrogen (secondary N) is 3. The molecular weight excluding hydrogens is 526 g/mol. The Bertz CT molecular complexity index is 1380. The molecule has 4 unspecified atom stereocenters. The zero-order chi connectivity index (χ0) is 27.9. The first kappa shape index (κ1) is 27.4. The minimum atomic E-state index is -3.59. The van der Waals surface area contributed by atoms with Crippen LogP contribution in [0.1, 0.15) is 42.6 Å². The SMILES string of the molecule is COc1cccc2[nH]c(C(=O)N3CC4CCCC4C3C(=O)N[C@@H](CC3CCNS3(=O)=O)C(=O)N(C)OC)cc12. The summed E-state index contributed by atoms with van der Waals surface area (Å²) in [4.78, 5) is 50.6. The molecule has 0 spiro atoms. The van der Waals surface area contributed by atoms with E-state index < -0.39 is 39.2 Å². The standard InChI is InChI=1S/C26H35N5O7S/c1-30(38-3)25(33)20(12-16-10-11-27-39(16,35)36)29-24(32)23-17-7-4-6-15(17)14-31(23)26(34)21-13-18-19(28-21)8-5-9-22(18)37-2/h5,8-9,13,15-17,20,23,27-28H,4,6-7,10-12,14H2,1-3H3,(H,29,32)/t15?,16?,17?,20-,23?/m0/s1. The number of H-pyrrole nitrogens is 1. The Labute approximate surface area is 227 Å². The molecule has 1 aromatic carbocycles. The molecule has 13 heteroatoms. The lowest BCUT2D eigenvalue weighted by Crippen LogP contribution is -2.55. The Kier molecular flexibility index (Phi) is 7.57. The molecule has 39 heavy (non-hydrogen) atoms. The lowest BCUT2D eigenvalue weighted by Gasteiger charge is -2.30. The van der Waals surface area contributed by atoms with Crippen molar-refractivity contribution in [1.29, 1.82) is 0 Å². The minimum Gasteiger partial charge on any atom is -0.496 e. The molecule has 5 atom stereocenters. The van der Waals surface area contributed by atoms with Crippen LogP contribution in [0.2, 0.25) is 0 Å². The number of carbonyl (C=O) groups is 3. The van der Waals surface area contributed by atoms with E-state index in [0.29, 0.717) is 24.4 Å². The van der Waals surface area contributed by atoms with Crippen molar-refractivity contribution in [2.75, 3.05) is 34.4 Å². The molecule has 2 aromatic rings. The zero-order valence-electron chi connectivity index (χ0n) is 22.3. The van der Waals surface area contributed by atoms with Crippen LogP contribution in [-0.2, 0) is 24.4 Å². The predicted octanol–water partition coefficient (Wildman–Crippen LogP) is 1.00. The molecule has 1 aliphatic carbocycles. The van der Waals surface area contributed by atoms with Crippen LogP contribution in [0.25, 0.3) is 10.9 Å². The van der Waals surface area contributed by atoms with Crippen LogP contribution in [0.4, 0.5) is 0 Å². The molecular formula is C26H35N5O7S. The highest BCUT2D eigenvalue weighted by atomic mass is 32.2. The second-order valence-corrected chi connectivity index (χ2v) is 12.6. The fourth-order valence-electron chi connectivity index (χ4n) is 6.36. The van der Waals surface area contributed by atoms with Gasteiger partial charge in [0.05, 0.1) is 19.5 Å². The number of carbonyl (C=O) groups excluding carboxylic acids is 3. The molecule has 3 aliphatic rings. The zero-order valence-corrected chi connectivity index (χ0v) is 23.1. The number of hydroxylamine groups is 2. The van der Waals surface area contributed by atoms with Crippen LogP contribution in [0.3, 0.4) is 0 Å². The van der Waals surface area contributed by atoms with Crippen LogP contribution in [0.15, 0.2) is 24.3 Å². The van der Waals surface area contributed by atoms with Crippen LogP contribution < -0.4 is 14.8 Å². The minimum absolute atomic E-state index is 0.0411. The van der Waals surface area contributed by atoms with Gasteiger partial charge in [-0.3, -0.25) is 19.2 Å². The first-order valence-electron chi connectivity index (χ1n) is 13.2. The van der Waals surface area contributed by atoms with Gasteiger partial charge < -0.3 is 19.9 Å². The van der Waals surface area contributed by atoms with Crippen LogP contribution in [0, 0.1) is 11.8 Å². The number of nitrogens with zero attached hydrogens (tertiary/aromatic N) is 2. The lowest BCUT2D eigenvalue weighted by molar-refractivity contribution is -0.172. The van der Waals surface area contributed by atoms with Crippen molar-refractivity contribution in [1.82, 2.24) is 25.0 Å². The van der Waals surface area contributed by atoms with E-state index >= 15 is 0 Å². The van der Waals surface area contributed by atoms with Gasteiger partial charge in [-0.15, -0.1) is 0 Å². The Morgan fingerprint density at radius 2 is 2.00 bits per heavy atom. The number of benzene rings is 1. The second-order valence-electron chi connectivity index (χ2n) is 10.5. The summed E-state index contributed by atoms with van der Waals surface area (Å²) in [5, 5.41) is 3.73. The monoisotopic (exact) mass is 561 g/mol. The number of amides is 3. The van der Waals surface area contributed by atoms with Crippen molar-refractivity contribution in [3.8, 4) is 5.75 Å². The maximum atomic E-state index is 13.9. The smallest absolute Gasteiger partial charge is 0.271 e. The quantitative estimate of drug-likeness (QED) is 0.407. The number of hydrogen-bond donors (Lipinski definition) is 3. The first-order valence-corrected chi connectivity index (χ1v) is 14.8. The van der Waals surface area contributed by atoms with Gasteiger partial charge in [0.25, 0.3) is 11.8 Å². The van der Waals surface area contributed by atoms with E-state index in [1.165, 1.54) is 14.2 Å². The summed E-state index contributed by atoms with van der Waals surface area (Å²) >= 11 is 0. The van der Waals surface area contributed by atoms with Gasteiger partial charge in [0.15, 0.2) is 0 Å². The fourth-order valence-corrected chi connectivity index (χ4v) is 7.87. The first-order chi connectivity index (χ1) is 18.6. The molecule has 3 amide bonds.